The van der Waals surface area contributed by atoms with Gasteiger partial charge in [-0.3, -0.25) is 9.80 Å². The third kappa shape index (κ3) is 4.62. The number of carbonyl (C=O) groups is 1. The molecule has 120 valence electrons. The lowest BCUT2D eigenvalue weighted by Gasteiger charge is -2.07. The first-order valence-electron chi connectivity index (χ1n) is 6.70. The molecular formula is C15H16N4O3S. The molecule has 0 aliphatic heterocycles. The van der Waals surface area contributed by atoms with Gasteiger partial charge in [0, 0.05) is 19.7 Å². The Morgan fingerprint density at radius 1 is 1.00 bits per heavy atom. The lowest BCUT2D eigenvalue weighted by molar-refractivity contribution is 0.0981. The van der Waals surface area contributed by atoms with Gasteiger partial charge in [0.05, 0.1) is 10.6 Å². The lowest BCUT2D eigenvalue weighted by Crippen LogP contribution is -2.30. The fourth-order valence-corrected chi connectivity index (χ4v) is 2.64. The van der Waals surface area contributed by atoms with Gasteiger partial charge < -0.3 is 0 Å². The van der Waals surface area contributed by atoms with Crippen LogP contribution in [0.1, 0.15) is 10.4 Å². The Labute approximate surface area is 134 Å². The largest absolute Gasteiger partial charge is 0.285 e. The van der Waals surface area contributed by atoms with E-state index in [0.29, 0.717) is 5.69 Å². The van der Waals surface area contributed by atoms with Crippen molar-refractivity contribution in [1.82, 2.24) is 9.73 Å². The summed E-state index contributed by atoms with van der Waals surface area (Å²) in [6, 6.07) is 13.9. The van der Waals surface area contributed by atoms with Crippen molar-refractivity contribution >= 4 is 21.6 Å². The normalized spacial score (nSPS) is 11.4. The van der Waals surface area contributed by atoms with Crippen LogP contribution >= 0.6 is 0 Å². The summed E-state index contributed by atoms with van der Waals surface area (Å²) in [4.78, 5) is 11.9. The highest BCUT2D eigenvalue weighted by molar-refractivity contribution is 7.90. The molecule has 0 aliphatic rings. The van der Waals surface area contributed by atoms with E-state index in [1.54, 1.807) is 32.3 Å². The first-order chi connectivity index (χ1) is 10.9. The van der Waals surface area contributed by atoms with E-state index >= 15 is 0 Å². The molecule has 0 radical (unpaired) electrons. The Hall–Kier alpha value is -2.74. The van der Waals surface area contributed by atoms with Gasteiger partial charge in [0.15, 0.2) is 0 Å². The third-order valence-electron chi connectivity index (χ3n) is 2.75. The van der Waals surface area contributed by atoms with Gasteiger partial charge in [0.2, 0.25) is 0 Å². The fraction of sp³-hybridized carbons (Fsp3) is 0.133. The molecule has 0 heterocycles. The second-order valence-corrected chi connectivity index (χ2v) is 6.51. The third-order valence-corrected chi connectivity index (χ3v) is 4.10. The summed E-state index contributed by atoms with van der Waals surface area (Å²) < 4.78 is 26.4. The topological polar surface area (TPSA) is 91.2 Å². The van der Waals surface area contributed by atoms with Crippen molar-refractivity contribution in [3.05, 3.63) is 60.2 Å². The molecule has 2 aromatic carbocycles. The smallest absolute Gasteiger partial charge is 0.264 e. The van der Waals surface area contributed by atoms with Gasteiger partial charge in [-0.05, 0) is 36.4 Å². The van der Waals surface area contributed by atoms with Crippen LogP contribution in [0.5, 0.6) is 0 Å². The quantitative estimate of drug-likeness (QED) is 0.672. The van der Waals surface area contributed by atoms with Crippen molar-refractivity contribution in [2.75, 3.05) is 14.1 Å². The molecule has 0 bridgehead atoms. The number of benzene rings is 2. The summed E-state index contributed by atoms with van der Waals surface area (Å²) >= 11 is 0. The molecular weight excluding hydrogens is 316 g/mol. The minimum Gasteiger partial charge on any atom is -0.285 e. The zero-order chi connectivity index (χ0) is 16.9. The predicted octanol–water partition coefficient (Wildman–Crippen LogP) is 2.37. The number of nitrogens with zero attached hydrogens (tertiary/aromatic N) is 3. The van der Waals surface area contributed by atoms with Crippen LogP contribution in [0.3, 0.4) is 0 Å². The van der Waals surface area contributed by atoms with E-state index in [0.717, 1.165) is 0 Å². The molecule has 0 spiro atoms. The molecule has 0 aliphatic carbocycles. The number of rotatable bonds is 5. The molecule has 1 N–H and O–H groups in total. The SMILES string of the molecule is CN(C)N=Nc1ccc(S(=O)(=O)NC(=O)c2ccccc2)cc1. The zero-order valence-electron chi connectivity index (χ0n) is 12.7. The van der Waals surface area contributed by atoms with Gasteiger partial charge in [-0.25, -0.2) is 13.1 Å². The van der Waals surface area contributed by atoms with Gasteiger partial charge in [-0.2, -0.15) is 0 Å². The second kappa shape index (κ2) is 7.01. The Balaban J connectivity index is 2.15. The Bertz CT molecular complexity index is 800. The Morgan fingerprint density at radius 2 is 1.61 bits per heavy atom. The lowest BCUT2D eigenvalue weighted by atomic mass is 10.2. The molecule has 7 nitrogen and oxygen atoms in total. The standard InChI is InChI=1S/C15H16N4O3S/c1-19(2)18-16-13-8-10-14(11-9-13)23(21,22)17-15(20)12-6-4-3-5-7-12/h3-11H,1-2H3,(H,17,20). The maximum atomic E-state index is 12.2. The highest BCUT2D eigenvalue weighted by Gasteiger charge is 2.18. The van der Waals surface area contributed by atoms with Crippen LogP contribution in [0.15, 0.2) is 69.8 Å². The van der Waals surface area contributed by atoms with Crippen LogP contribution in [0.4, 0.5) is 5.69 Å². The number of sulfonamides is 1. The molecule has 0 saturated heterocycles. The van der Waals surface area contributed by atoms with Crippen LogP contribution < -0.4 is 4.72 Å². The van der Waals surface area contributed by atoms with E-state index in [9.17, 15) is 13.2 Å². The number of hydrogen-bond acceptors (Lipinski definition) is 5. The van der Waals surface area contributed by atoms with E-state index in [4.69, 9.17) is 0 Å². The number of carbonyl (C=O) groups excluding carboxylic acids is 1. The molecule has 0 fully saturated rings. The number of hydrogen-bond donors (Lipinski definition) is 1. The van der Waals surface area contributed by atoms with Crippen molar-refractivity contribution < 1.29 is 13.2 Å². The molecule has 0 unspecified atom stereocenters. The highest BCUT2D eigenvalue weighted by atomic mass is 32.2. The molecule has 1 amide bonds. The maximum absolute atomic E-state index is 12.2. The van der Waals surface area contributed by atoms with Crippen molar-refractivity contribution in [2.24, 2.45) is 10.3 Å². The Kier molecular flexibility index (Phi) is 5.07. The summed E-state index contributed by atoms with van der Waals surface area (Å²) in [6.07, 6.45) is 0. The minimum atomic E-state index is -3.94. The van der Waals surface area contributed by atoms with Crippen molar-refractivity contribution in [3.63, 3.8) is 0 Å². The average molecular weight is 332 g/mol. The maximum Gasteiger partial charge on any atom is 0.264 e. The van der Waals surface area contributed by atoms with Crippen molar-refractivity contribution in [2.45, 2.75) is 4.90 Å². The predicted molar refractivity (Wildman–Crippen MR) is 85.7 cm³/mol. The van der Waals surface area contributed by atoms with Gasteiger partial charge in [-0.15, -0.1) is 5.11 Å². The van der Waals surface area contributed by atoms with E-state index in [1.165, 1.54) is 41.4 Å². The summed E-state index contributed by atoms with van der Waals surface area (Å²) in [5, 5.41) is 9.24. The molecule has 23 heavy (non-hydrogen) atoms. The van der Waals surface area contributed by atoms with Gasteiger partial charge in [-0.1, -0.05) is 23.4 Å². The van der Waals surface area contributed by atoms with E-state index in [-0.39, 0.29) is 10.5 Å². The molecule has 2 aromatic rings. The first kappa shape index (κ1) is 16.6. The fourth-order valence-electron chi connectivity index (χ4n) is 1.66. The van der Waals surface area contributed by atoms with Crippen molar-refractivity contribution in [3.8, 4) is 0 Å². The van der Waals surface area contributed by atoms with Gasteiger partial charge >= 0.3 is 0 Å². The monoisotopic (exact) mass is 332 g/mol. The second-order valence-electron chi connectivity index (χ2n) is 4.83. The first-order valence-corrected chi connectivity index (χ1v) is 8.18. The van der Waals surface area contributed by atoms with Crippen LogP contribution in [0, 0.1) is 0 Å². The summed E-state index contributed by atoms with van der Waals surface area (Å²) in [5.41, 5.74) is 0.777. The number of nitrogens with one attached hydrogen (secondary N) is 1. The van der Waals surface area contributed by atoms with E-state index in [2.05, 4.69) is 10.3 Å². The van der Waals surface area contributed by atoms with E-state index in [1.807, 2.05) is 4.72 Å². The summed E-state index contributed by atoms with van der Waals surface area (Å²) in [7, 11) is -0.491. The average Bonchev–Trinajstić information content (AvgIpc) is 2.53. The molecule has 0 atom stereocenters. The summed E-state index contributed by atoms with van der Waals surface area (Å²) in [5.74, 6) is -0.679. The zero-order valence-corrected chi connectivity index (χ0v) is 13.5. The van der Waals surface area contributed by atoms with Crippen LogP contribution in [-0.4, -0.2) is 33.4 Å². The Morgan fingerprint density at radius 3 is 2.17 bits per heavy atom. The number of amides is 1. The summed E-state index contributed by atoms with van der Waals surface area (Å²) in [6.45, 7) is 0. The van der Waals surface area contributed by atoms with Gasteiger partial charge in [0.1, 0.15) is 0 Å². The van der Waals surface area contributed by atoms with Crippen LogP contribution in [0.2, 0.25) is 0 Å². The molecule has 8 heteroatoms. The van der Waals surface area contributed by atoms with Crippen LogP contribution in [0.25, 0.3) is 0 Å². The van der Waals surface area contributed by atoms with Crippen LogP contribution in [-0.2, 0) is 10.0 Å². The van der Waals surface area contributed by atoms with Crippen molar-refractivity contribution in [1.29, 1.82) is 0 Å². The minimum absolute atomic E-state index is 0.0226. The molecule has 2 rings (SSSR count). The molecule has 0 aromatic heterocycles. The van der Waals surface area contributed by atoms with E-state index < -0.39 is 15.9 Å². The van der Waals surface area contributed by atoms with Gasteiger partial charge in [0.25, 0.3) is 15.9 Å². The highest BCUT2D eigenvalue weighted by Crippen LogP contribution is 2.17. The molecule has 0 saturated carbocycles.